The van der Waals surface area contributed by atoms with Gasteiger partial charge in [0.2, 0.25) is 0 Å². The first-order valence-electron chi connectivity index (χ1n) is 11.7. The first-order valence-corrected chi connectivity index (χ1v) is 11.7. The fourth-order valence-electron chi connectivity index (χ4n) is 4.22. The Morgan fingerprint density at radius 2 is 1.45 bits per heavy atom. The minimum atomic E-state index is -0.482. The Bertz CT molecular complexity index is 1200. The number of carbonyl (C=O) groups is 1. The summed E-state index contributed by atoms with van der Waals surface area (Å²) in [6.07, 6.45) is 2.45. The first-order chi connectivity index (χ1) is 16.1. The van der Waals surface area contributed by atoms with E-state index in [1.807, 2.05) is 83.5 Å². The Morgan fingerprint density at radius 3 is 2.03 bits per heavy atom. The van der Waals surface area contributed by atoms with Crippen LogP contribution in [0, 0.1) is 0 Å². The van der Waals surface area contributed by atoms with Crippen LogP contribution in [0.5, 0.6) is 0 Å². The molecule has 1 atom stereocenters. The number of benzene rings is 3. The average Bonchev–Trinajstić information content (AvgIpc) is 3.25. The van der Waals surface area contributed by atoms with Gasteiger partial charge in [-0.05, 0) is 37.5 Å². The van der Waals surface area contributed by atoms with Crippen LogP contribution < -0.4 is 5.32 Å². The van der Waals surface area contributed by atoms with Gasteiger partial charge in [0.05, 0.1) is 22.5 Å². The van der Waals surface area contributed by atoms with E-state index in [-0.39, 0.29) is 5.91 Å². The molecule has 1 heterocycles. The summed E-state index contributed by atoms with van der Waals surface area (Å²) in [5.41, 5.74) is 4.81. The fraction of sp³-hybridized carbons (Fsp3) is 0.241. The standard InChI is InChI=1S/C29H31N3O/c1-4-15-25-26(28(33)30-29(3,5-2)23-18-11-7-12-19-23)27(22-16-9-6-10-17-22)31-32(25)24-20-13-8-14-21-24/h6-14,16-21H,4-5,15H2,1-3H3,(H,30,33). The highest BCUT2D eigenvalue weighted by atomic mass is 16.1. The number of nitrogens with zero attached hydrogens (tertiary/aromatic N) is 2. The Balaban J connectivity index is 1.87. The number of nitrogens with one attached hydrogen (secondary N) is 1. The second kappa shape index (κ2) is 9.86. The lowest BCUT2D eigenvalue weighted by Gasteiger charge is -2.30. The number of rotatable bonds is 8. The van der Waals surface area contributed by atoms with Gasteiger partial charge in [-0.2, -0.15) is 5.10 Å². The topological polar surface area (TPSA) is 46.9 Å². The van der Waals surface area contributed by atoms with Crippen molar-refractivity contribution in [3.63, 3.8) is 0 Å². The normalized spacial score (nSPS) is 12.8. The molecular weight excluding hydrogens is 406 g/mol. The summed E-state index contributed by atoms with van der Waals surface area (Å²) in [7, 11) is 0. The van der Waals surface area contributed by atoms with E-state index in [9.17, 15) is 4.79 Å². The van der Waals surface area contributed by atoms with Crippen molar-refractivity contribution in [3.8, 4) is 16.9 Å². The summed E-state index contributed by atoms with van der Waals surface area (Å²) >= 11 is 0. The molecule has 1 aromatic heterocycles. The molecule has 1 amide bonds. The number of carbonyl (C=O) groups excluding carboxylic acids is 1. The molecule has 1 N–H and O–H groups in total. The van der Waals surface area contributed by atoms with E-state index in [1.54, 1.807) is 0 Å². The minimum absolute atomic E-state index is 0.0901. The van der Waals surface area contributed by atoms with Gasteiger partial charge in [-0.1, -0.05) is 99.1 Å². The third-order valence-corrected chi connectivity index (χ3v) is 6.25. The molecule has 0 bridgehead atoms. The van der Waals surface area contributed by atoms with Crippen LogP contribution in [0.25, 0.3) is 16.9 Å². The van der Waals surface area contributed by atoms with Gasteiger partial charge in [-0.15, -0.1) is 0 Å². The first kappa shape index (κ1) is 22.5. The maximum absolute atomic E-state index is 14.0. The van der Waals surface area contributed by atoms with Crippen molar-refractivity contribution in [2.24, 2.45) is 0 Å². The summed E-state index contributed by atoms with van der Waals surface area (Å²) in [5.74, 6) is -0.0901. The van der Waals surface area contributed by atoms with Crippen LogP contribution in [0.1, 0.15) is 55.2 Å². The second-order valence-electron chi connectivity index (χ2n) is 8.54. The van der Waals surface area contributed by atoms with Crippen LogP contribution in [0.4, 0.5) is 0 Å². The molecule has 0 saturated carbocycles. The van der Waals surface area contributed by atoms with Gasteiger partial charge < -0.3 is 5.32 Å². The lowest BCUT2D eigenvalue weighted by molar-refractivity contribution is 0.0901. The Hall–Kier alpha value is -3.66. The highest BCUT2D eigenvalue weighted by Crippen LogP contribution is 2.31. The van der Waals surface area contributed by atoms with Crippen molar-refractivity contribution in [1.82, 2.24) is 15.1 Å². The Morgan fingerprint density at radius 1 is 0.879 bits per heavy atom. The SMILES string of the molecule is CCCc1c(C(=O)NC(C)(CC)c2ccccc2)c(-c2ccccc2)nn1-c1ccccc1. The molecule has 0 spiro atoms. The highest BCUT2D eigenvalue weighted by Gasteiger charge is 2.31. The fourth-order valence-corrected chi connectivity index (χ4v) is 4.22. The molecule has 0 aliphatic carbocycles. The molecule has 4 heteroatoms. The molecule has 4 aromatic rings. The van der Waals surface area contributed by atoms with E-state index >= 15 is 0 Å². The molecule has 0 saturated heterocycles. The van der Waals surface area contributed by atoms with E-state index in [0.717, 1.165) is 41.8 Å². The molecule has 4 rings (SSSR count). The van der Waals surface area contributed by atoms with E-state index in [2.05, 4.69) is 38.2 Å². The van der Waals surface area contributed by atoms with Crippen molar-refractivity contribution in [1.29, 1.82) is 0 Å². The zero-order valence-corrected chi connectivity index (χ0v) is 19.6. The average molecular weight is 438 g/mol. The van der Waals surface area contributed by atoms with Crippen molar-refractivity contribution >= 4 is 5.91 Å². The van der Waals surface area contributed by atoms with Crippen LogP contribution in [0.15, 0.2) is 91.0 Å². The summed E-state index contributed by atoms with van der Waals surface area (Å²) in [4.78, 5) is 14.0. The zero-order chi connectivity index (χ0) is 23.3. The molecule has 0 aliphatic rings. The van der Waals surface area contributed by atoms with Gasteiger partial charge in [0.25, 0.3) is 5.91 Å². The van der Waals surface area contributed by atoms with E-state index in [4.69, 9.17) is 5.10 Å². The molecule has 4 nitrogen and oxygen atoms in total. The second-order valence-corrected chi connectivity index (χ2v) is 8.54. The van der Waals surface area contributed by atoms with Gasteiger partial charge in [-0.25, -0.2) is 4.68 Å². The van der Waals surface area contributed by atoms with Gasteiger partial charge in [0, 0.05) is 5.56 Å². The predicted octanol–water partition coefficient (Wildman–Crippen LogP) is 6.55. The maximum atomic E-state index is 14.0. The van der Waals surface area contributed by atoms with Crippen molar-refractivity contribution < 1.29 is 4.79 Å². The number of amides is 1. The van der Waals surface area contributed by atoms with Gasteiger partial charge in [-0.3, -0.25) is 4.79 Å². The van der Waals surface area contributed by atoms with Gasteiger partial charge in [0.1, 0.15) is 5.69 Å². The summed E-state index contributed by atoms with van der Waals surface area (Å²) in [6.45, 7) is 6.32. The quantitative estimate of drug-likeness (QED) is 0.340. The van der Waals surface area contributed by atoms with Gasteiger partial charge >= 0.3 is 0 Å². The summed E-state index contributed by atoms with van der Waals surface area (Å²) < 4.78 is 1.94. The monoisotopic (exact) mass is 437 g/mol. The predicted molar refractivity (Wildman–Crippen MR) is 135 cm³/mol. The van der Waals surface area contributed by atoms with Crippen LogP contribution in [-0.2, 0) is 12.0 Å². The van der Waals surface area contributed by atoms with Crippen LogP contribution >= 0.6 is 0 Å². The summed E-state index contributed by atoms with van der Waals surface area (Å²) in [5, 5.41) is 8.33. The Labute approximate surface area is 196 Å². The van der Waals surface area contributed by atoms with E-state index in [1.165, 1.54) is 0 Å². The molecular formula is C29H31N3O. The van der Waals surface area contributed by atoms with Gasteiger partial charge in [0.15, 0.2) is 0 Å². The number of hydrogen-bond acceptors (Lipinski definition) is 2. The third-order valence-electron chi connectivity index (χ3n) is 6.25. The molecule has 0 aliphatic heterocycles. The smallest absolute Gasteiger partial charge is 0.256 e. The van der Waals surface area contributed by atoms with E-state index < -0.39 is 5.54 Å². The largest absolute Gasteiger partial charge is 0.343 e. The Kier molecular flexibility index (Phi) is 6.74. The van der Waals surface area contributed by atoms with Crippen LogP contribution in [0.3, 0.4) is 0 Å². The van der Waals surface area contributed by atoms with E-state index in [0.29, 0.717) is 11.3 Å². The molecule has 0 radical (unpaired) electrons. The number of para-hydroxylation sites is 1. The number of aromatic nitrogens is 2. The molecule has 168 valence electrons. The van der Waals surface area contributed by atoms with Crippen molar-refractivity contribution in [2.75, 3.05) is 0 Å². The molecule has 0 fully saturated rings. The van der Waals surface area contributed by atoms with Crippen LogP contribution in [0.2, 0.25) is 0 Å². The molecule has 33 heavy (non-hydrogen) atoms. The number of hydrogen-bond donors (Lipinski definition) is 1. The van der Waals surface area contributed by atoms with Crippen molar-refractivity contribution in [3.05, 3.63) is 108 Å². The molecule has 3 aromatic carbocycles. The maximum Gasteiger partial charge on any atom is 0.256 e. The lowest BCUT2D eigenvalue weighted by atomic mass is 9.88. The minimum Gasteiger partial charge on any atom is -0.343 e. The lowest BCUT2D eigenvalue weighted by Crippen LogP contribution is -2.43. The highest BCUT2D eigenvalue weighted by molar-refractivity contribution is 6.01. The van der Waals surface area contributed by atoms with Crippen molar-refractivity contribution in [2.45, 2.75) is 45.6 Å². The summed E-state index contributed by atoms with van der Waals surface area (Å²) in [6, 6.07) is 30.2. The third kappa shape index (κ3) is 4.61. The zero-order valence-electron chi connectivity index (χ0n) is 19.6. The molecule has 1 unspecified atom stereocenters. The van der Waals surface area contributed by atoms with Crippen LogP contribution in [-0.4, -0.2) is 15.7 Å².